The van der Waals surface area contributed by atoms with Crippen LogP contribution in [0.15, 0.2) is 84.2 Å². The summed E-state index contributed by atoms with van der Waals surface area (Å²) >= 11 is 1.37. The van der Waals surface area contributed by atoms with Gasteiger partial charge in [-0.2, -0.15) is 0 Å². The molecule has 0 radical (unpaired) electrons. The van der Waals surface area contributed by atoms with Crippen LogP contribution in [-0.2, 0) is 6.42 Å². The first kappa shape index (κ1) is 20.8. The van der Waals surface area contributed by atoms with Gasteiger partial charge in [0.1, 0.15) is 10.8 Å². The number of anilines is 1. The smallest absolute Gasteiger partial charge is 0.319 e. The molecule has 0 saturated heterocycles. The minimum Gasteiger partial charge on any atom is -0.338 e. The number of aryl methyl sites for hydroxylation is 1. The van der Waals surface area contributed by atoms with E-state index in [2.05, 4.69) is 27.8 Å². The van der Waals surface area contributed by atoms with Crippen LogP contribution in [0.25, 0.3) is 21.8 Å². The summed E-state index contributed by atoms with van der Waals surface area (Å²) < 4.78 is 14.1. The minimum absolute atomic E-state index is 0.259. The third-order valence-electron chi connectivity index (χ3n) is 4.83. The van der Waals surface area contributed by atoms with Crippen molar-refractivity contribution in [3.63, 3.8) is 0 Å². The van der Waals surface area contributed by atoms with Crippen LogP contribution in [0.4, 0.5) is 14.9 Å². The molecule has 0 spiro atoms. The number of nitrogens with zero attached hydrogens (tertiary/aromatic N) is 1. The van der Waals surface area contributed by atoms with E-state index in [9.17, 15) is 9.18 Å². The molecule has 2 amide bonds. The number of thiazole rings is 1. The van der Waals surface area contributed by atoms with Crippen molar-refractivity contribution in [2.75, 3.05) is 11.9 Å². The zero-order valence-electron chi connectivity index (χ0n) is 16.8. The van der Waals surface area contributed by atoms with E-state index in [1.54, 1.807) is 18.2 Å². The van der Waals surface area contributed by atoms with E-state index >= 15 is 0 Å². The molecule has 2 N–H and O–H groups in total. The van der Waals surface area contributed by atoms with E-state index in [1.165, 1.54) is 23.0 Å². The maximum Gasteiger partial charge on any atom is 0.319 e. The molecule has 1 heterocycles. The van der Waals surface area contributed by atoms with Crippen molar-refractivity contribution in [1.29, 1.82) is 0 Å². The van der Waals surface area contributed by atoms with Crippen molar-refractivity contribution in [3.05, 3.63) is 95.6 Å². The molecule has 0 unspecified atom stereocenters. The lowest BCUT2D eigenvalue weighted by Crippen LogP contribution is -2.29. The number of hydrogen-bond acceptors (Lipinski definition) is 3. The third-order valence-corrected chi connectivity index (χ3v) is 5.71. The quantitative estimate of drug-likeness (QED) is 0.334. The second-order valence-corrected chi connectivity index (χ2v) is 7.89. The lowest BCUT2D eigenvalue weighted by atomic mass is 10.1. The summed E-state index contributed by atoms with van der Waals surface area (Å²) in [4.78, 5) is 17.0. The van der Waals surface area contributed by atoms with Gasteiger partial charge in [0.2, 0.25) is 0 Å². The standard InChI is InChI=1S/C25H22FN3OS/c26-21-14-6-4-12-19(21)24-28-23(17-31-24)20-13-5-7-15-22(20)29-25(30)27-16-8-11-18-9-2-1-3-10-18/h1-7,9-10,12-15,17H,8,11,16H2,(H2,27,29,30). The van der Waals surface area contributed by atoms with Crippen LogP contribution in [0.1, 0.15) is 12.0 Å². The number of carbonyl (C=O) groups is 1. The molecule has 6 heteroatoms. The lowest BCUT2D eigenvalue weighted by Gasteiger charge is -2.11. The minimum atomic E-state index is -0.301. The Hall–Kier alpha value is -3.51. The van der Waals surface area contributed by atoms with Gasteiger partial charge in [0.25, 0.3) is 0 Å². The SMILES string of the molecule is O=C(NCCCc1ccccc1)Nc1ccccc1-c1csc(-c2ccccc2F)n1. The Kier molecular flexibility index (Phi) is 6.69. The zero-order valence-corrected chi connectivity index (χ0v) is 17.7. The lowest BCUT2D eigenvalue weighted by molar-refractivity contribution is 0.252. The topological polar surface area (TPSA) is 54.0 Å². The van der Waals surface area contributed by atoms with Crippen LogP contribution in [0.5, 0.6) is 0 Å². The number of rotatable bonds is 7. The van der Waals surface area contributed by atoms with Crippen molar-refractivity contribution >= 4 is 23.1 Å². The first-order valence-electron chi connectivity index (χ1n) is 10.1. The Morgan fingerprint density at radius 2 is 1.61 bits per heavy atom. The van der Waals surface area contributed by atoms with Gasteiger partial charge in [0.15, 0.2) is 0 Å². The third kappa shape index (κ3) is 5.35. The van der Waals surface area contributed by atoms with Crippen molar-refractivity contribution in [1.82, 2.24) is 10.3 Å². The second-order valence-electron chi connectivity index (χ2n) is 7.03. The number of benzene rings is 3. The number of para-hydroxylation sites is 1. The first-order valence-corrected chi connectivity index (χ1v) is 11.0. The largest absolute Gasteiger partial charge is 0.338 e. The Labute approximate surface area is 184 Å². The van der Waals surface area contributed by atoms with Crippen LogP contribution in [0.2, 0.25) is 0 Å². The van der Waals surface area contributed by atoms with Crippen LogP contribution >= 0.6 is 11.3 Å². The summed E-state index contributed by atoms with van der Waals surface area (Å²) in [5.41, 5.74) is 3.88. The highest BCUT2D eigenvalue weighted by atomic mass is 32.1. The average Bonchev–Trinajstić information content (AvgIpc) is 3.28. The number of urea groups is 1. The van der Waals surface area contributed by atoms with Gasteiger partial charge in [-0.05, 0) is 36.6 Å². The number of carbonyl (C=O) groups excluding carboxylic acids is 1. The normalized spacial score (nSPS) is 10.6. The Bertz CT molecular complexity index is 1160. The van der Waals surface area contributed by atoms with Crippen molar-refractivity contribution < 1.29 is 9.18 Å². The Balaban J connectivity index is 1.40. The molecular formula is C25H22FN3OS. The molecule has 4 nitrogen and oxygen atoms in total. The van der Waals surface area contributed by atoms with Crippen molar-refractivity contribution in [2.24, 2.45) is 0 Å². The monoisotopic (exact) mass is 431 g/mol. The highest BCUT2D eigenvalue weighted by Crippen LogP contribution is 2.33. The summed E-state index contributed by atoms with van der Waals surface area (Å²) in [7, 11) is 0. The fourth-order valence-corrected chi connectivity index (χ4v) is 4.12. The molecule has 1 aromatic heterocycles. The molecule has 0 aliphatic carbocycles. The zero-order chi connectivity index (χ0) is 21.5. The fraction of sp³-hybridized carbons (Fsp3) is 0.120. The highest BCUT2D eigenvalue weighted by molar-refractivity contribution is 7.13. The van der Waals surface area contributed by atoms with Crippen LogP contribution in [0.3, 0.4) is 0 Å². The predicted molar refractivity (Wildman–Crippen MR) is 125 cm³/mol. The highest BCUT2D eigenvalue weighted by Gasteiger charge is 2.13. The predicted octanol–water partition coefficient (Wildman–Crippen LogP) is 6.37. The average molecular weight is 432 g/mol. The summed E-state index contributed by atoms with van der Waals surface area (Å²) in [6, 6.07) is 24.0. The van der Waals surface area contributed by atoms with Crippen LogP contribution < -0.4 is 10.6 Å². The van der Waals surface area contributed by atoms with Gasteiger partial charge in [0.05, 0.1) is 11.4 Å². The number of hydrogen-bond donors (Lipinski definition) is 2. The van der Waals surface area contributed by atoms with Gasteiger partial charge >= 0.3 is 6.03 Å². The van der Waals surface area contributed by atoms with Gasteiger partial charge in [-0.25, -0.2) is 14.2 Å². The van der Waals surface area contributed by atoms with E-state index in [0.717, 1.165) is 18.4 Å². The van der Waals surface area contributed by atoms with Gasteiger partial charge in [-0.3, -0.25) is 0 Å². The second kappa shape index (κ2) is 10.00. The van der Waals surface area contributed by atoms with E-state index in [0.29, 0.717) is 28.5 Å². The maximum atomic E-state index is 14.1. The summed E-state index contributed by atoms with van der Waals surface area (Å²) in [5.74, 6) is -0.301. The summed E-state index contributed by atoms with van der Waals surface area (Å²) in [6.07, 6.45) is 1.77. The van der Waals surface area contributed by atoms with E-state index < -0.39 is 0 Å². The number of amides is 2. The van der Waals surface area contributed by atoms with Gasteiger partial charge < -0.3 is 10.6 Å². The maximum absolute atomic E-state index is 14.1. The summed E-state index contributed by atoms with van der Waals surface area (Å²) in [5, 5.41) is 8.29. The van der Waals surface area contributed by atoms with Gasteiger partial charge in [-0.15, -0.1) is 11.3 Å². The molecule has 0 bridgehead atoms. The molecule has 0 aliphatic rings. The molecule has 4 aromatic rings. The molecule has 0 aliphatic heterocycles. The van der Waals surface area contributed by atoms with Gasteiger partial charge in [-0.1, -0.05) is 60.7 Å². The molecule has 3 aromatic carbocycles. The molecular weight excluding hydrogens is 409 g/mol. The number of halogens is 1. The molecule has 4 rings (SSSR count). The van der Waals surface area contributed by atoms with Crippen molar-refractivity contribution in [2.45, 2.75) is 12.8 Å². The molecule has 0 saturated carbocycles. The van der Waals surface area contributed by atoms with Crippen LogP contribution in [0, 0.1) is 5.82 Å². The number of aromatic nitrogens is 1. The fourth-order valence-electron chi connectivity index (χ4n) is 3.28. The van der Waals surface area contributed by atoms with Gasteiger partial charge in [0, 0.05) is 23.1 Å². The molecule has 0 fully saturated rings. The van der Waals surface area contributed by atoms with E-state index in [4.69, 9.17) is 0 Å². The van der Waals surface area contributed by atoms with Crippen LogP contribution in [-0.4, -0.2) is 17.6 Å². The van der Waals surface area contributed by atoms with E-state index in [1.807, 2.05) is 47.8 Å². The Morgan fingerprint density at radius 1 is 0.903 bits per heavy atom. The first-order chi connectivity index (χ1) is 15.2. The number of nitrogens with one attached hydrogen (secondary N) is 2. The summed E-state index contributed by atoms with van der Waals surface area (Å²) in [6.45, 7) is 0.580. The van der Waals surface area contributed by atoms with Crippen molar-refractivity contribution in [3.8, 4) is 21.8 Å². The Morgan fingerprint density at radius 3 is 2.42 bits per heavy atom. The molecule has 0 atom stereocenters. The molecule has 156 valence electrons. The van der Waals surface area contributed by atoms with E-state index in [-0.39, 0.29) is 11.8 Å². The molecule has 31 heavy (non-hydrogen) atoms.